The van der Waals surface area contributed by atoms with Crippen LogP contribution < -0.4 is 11.1 Å². The second kappa shape index (κ2) is 7.28. The SMILES string of the molecule is CC(C)(CC(=O)NCC1(N)CCCCCC1)c1ccccc1. The van der Waals surface area contributed by atoms with Crippen molar-refractivity contribution >= 4 is 5.91 Å². The van der Waals surface area contributed by atoms with Crippen molar-refractivity contribution in [2.75, 3.05) is 6.54 Å². The summed E-state index contributed by atoms with van der Waals surface area (Å²) in [6, 6.07) is 10.2. The maximum absolute atomic E-state index is 12.3. The molecule has 1 amide bonds. The molecule has 3 N–H and O–H groups in total. The van der Waals surface area contributed by atoms with Crippen molar-refractivity contribution in [3.8, 4) is 0 Å². The number of nitrogens with two attached hydrogens (primary N) is 1. The first-order valence-corrected chi connectivity index (χ1v) is 8.52. The molecule has 0 heterocycles. The van der Waals surface area contributed by atoms with Crippen LogP contribution in [0.3, 0.4) is 0 Å². The fourth-order valence-corrected chi connectivity index (χ4v) is 3.34. The Morgan fingerprint density at radius 3 is 2.32 bits per heavy atom. The van der Waals surface area contributed by atoms with E-state index in [0.717, 1.165) is 12.8 Å². The van der Waals surface area contributed by atoms with Crippen molar-refractivity contribution in [2.24, 2.45) is 5.73 Å². The molecule has 22 heavy (non-hydrogen) atoms. The van der Waals surface area contributed by atoms with Crippen LogP contribution in [0.2, 0.25) is 0 Å². The van der Waals surface area contributed by atoms with E-state index in [2.05, 4.69) is 31.3 Å². The molecule has 0 saturated heterocycles. The van der Waals surface area contributed by atoms with Crippen LogP contribution >= 0.6 is 0 Å². The quantitative estimate of drug-likeness (QED) is 0.818. The summed E-state index contributed by atoms with van der Waals surface area (Å²) >= 11 is 0. The molecule has 3 nitrogen and oxygen atoms in total. The number of carbonyl (C=O) groups excluding carboxylic acids is 1. The Morgan fingerprint density at radius 1 is 1.14 bits per heavy atom. The van der Waals surface area contributed by atoms with Gasteiger partial charge in [0.2, 0.25) is 5.91 Å². The summed E-state index contributed by atoms with van der Waals surface area (Å²) < 4.78 is 0. The van der Waals surface area contributed by atoms with Crippen molar-refractivity contribution in [2.45, 2.75) is 69.7 Å². The lowest BCUT2D eigenvalue weighted by Crippen LogP contribution is -2.50. The minimum atomic E-state index is -0.205. The number of carbonyl (C=O) groups is 1. The Bertz CT molecular complexity index is 473. The average Bonchev–Trinajstić information content (AvgIpc) is 2.71. The largest absolute Gasteiger partial charge is 0.354 e. The third kappa shape index (κ3) is 4.84. The predicted octanol–water partition coefficient (Wildman–Crippen LogP) is 3.52. The number of hydrogen-bond acceptors (Lipinski definition) is 2. The fraction of sp³-hybridized carbons (Fsp3) is 0.632. The maximum atomic E-state index is 12.3. The first kappa shape index (κ1) is 17.0. The van der Waals surface area contributed by atoms with Gasteiger partial charge in [0.25, 0.3) is 0 Å². The van der Waals surface area contributed by atoms with Gasteiger partial charge < -0.3 is 11.1 Å². The number of hydrogen-bond donors (Lipinski definition) is 2. The van der Waals surface area contributed by atoms with E-state index in [0.29, 0.717) is 13.0 Å². The van der Waals surface area contributed by atoms with Crippen LogP contribution in [0, 0.1) is 0 Å². The molecule has 122 valence electrons. The molecular formula is C19H30N2O. The lowest BCUT2D eigenvalue weighted by molar-refractivity contribution is -0.122. The summed E-state index contributed by atoms with van der Waals surface area (Å²) in [5.41, 5.74) is 7.30. The molecule has 3 heteroatoms. The van der Waals surface area contributed by atoms with Gasteiger partial charge in [-0.1, -0.05) is 69.9 Å². The lowest BCUT2D eigenvalue weighted by Gasteiger charge is -2.30. The predicted molar refractivity (Wildman–Crippen MR) is 91.7 cm³/mol. The monoisotopic (exact) mass is 302 g/mol. The molecular weight excluding hydrogens is 272 g/mol. The van der Waals surface area contributed by atoms with Gasteiger partial charge >= 0.3 is 0 Å². The number of benzene rings is 1. The molecule has 1 aromatic rings. The smallest absolute Gasteiger partial charge is 0.220 e. The van der Waals surface area contributed by atoms with Crippen LogP contribution in [0.25, 0.3) is 0 Å². The second-order valence-electron chi connectivity index (χ2n) is 7.48. The zero-order chi connectivity index (χ0) is 16.1. The van der Waals surface area contributed by atoms with Crippen molar-refractivity contribution < 1.29 is 4.79 Å². The molecule has 1 fully saturated rings. The number of nitrogens with one attached hydrogen (secondary N) is 1. The minimum absolute atomic E-state index is 0.0999. The van der Waals surface area contributed by atoms with Gasteiger partial charge in [-0.3, -0.25) is 4.79 Å². The standard InChI is InChI=1S/C19H30N2O/c1-18(2,16-10-6-5-7-11-16)14-17(22)21-15-19(20)12-8-3-4-9-13-19/h5-7,10-11H,3-4,8-9,12-15,20H2,1-2H3,(H,21,22). The summed E-state index contributed by atoms with van der Waals surface area (Å²) in [6.07, 6.45) is 7.45. The van der Waals surface area contributed by atoms with Crippen molar-refractivity contribution in [1.82, 2.24) is 5.32 Å². The number of amides is 1. The molecule has 0 atom stereocenters. The lowest BCUT2D eigenvalue weighted by atomic mass is 9.81. The highest BCUT2D eigenvalue weighted by Gasteiger charge is 2.28. The first-order valence-electron chi connectivity index (χ1n) is 8.52. The van der Waals surface area contributed by atoms with E-state index in [9.17, 15) is 4.79 Å². The Labute approximate surface area is 134 Å². The third-order valence-corrected chi connectivity index (χ3v) is 4.89. The summed E-state index contributed by atoms with van der Waals surface area (Å²) in [5, 5.41) is 3.08. The molecule has 1 aromatic carbocycles. The maximum Gasteiger partial charge on any atom is 0.220 e. The summed E-state index contributed by atoms with van der Waals surface area (Å²) in [4.78, 5) is 12.3. The van der Waals surface area contributed by atoms with E-state index in [1.54, 1.807) is 0 Å². The zero-order valence-corrected chi connectivity index (χ0v) is 14.0. The highest BCUT2D eigenvalue weighted by molar-refractivity contribution is 5.77. The van der Waals surface area contributed by atoms with Gasteiger partial charge in [0.1, 0.15) is 0 Å². The van der Waals surface area contributed by atoms with Gasteiger partial charge in [-0.05, 0) is 23.8 Å². The summed E-state index contributed by atoms with van der Waals surface area (Å²) in [5.74, 6) is 0.0999. The van der Waals surface area contributed by atoms with Crippen LogP contribution in [0.5, 0.6) is 0 Å². The Morgan fingerprint density at radius 2 is 1.73 bits per heavy atom. The normalized spacial score (nSPS) is 18.5. The van der Waals surface area contributed by atoms with Crippen molar-refractivity contribution in [1.29, 1.82) is 0 Å². The van der Waals surface area contributed by atoms with Crippen LogP contribution in [-0.2, 0) is 10.2 Å². The number of rotatable bonds is 5. The van der Waals surface area contributed by atoms with Gasteiger partial charge in [0, 0.05) is 18.5 Å². The highest BCUT2D eigenvalue weighted by atomic mass is 16.1. The van der Waals surface area contributed by atoms with Crippen LogP contribution in [0.1, 0.15) is 64.4 Å². The molecule has 0 aliphatic heterocycles. The van der Waals surface area contributed by atoms with Crippen LogP contribution in [0.4, 0.5) is 0 Å². The summed E-state index contributed by atoms with van der Waals surface area (Å²) in [6.45, 7) is 4.84. The van der Waals surface area contributed by atoms with E-state index in [1.165, 1.54) is 31.2 Å². The molecule has 0 radical (unpaired) electrons. The highest BCUT2D eigenvalue weighted by Crippen LogP contribution is 2.27. The summed E-state index contributed by atoms with van der Waals surface area (Å²) in [7, 11) is 0. The zero-order valence-electron chi connectivity index (χ0n) is 14.0. The molecule has 0 bridgehead atoms. The van der Waals surface area contributed by atoms with Crippen molar-refractivity contribution in [3.05, 3.63) is 35.9 Å². The Hall–Kier alpha value is -1.35. The van der Waals surface area contributed by atoms with E-state index < -0.39 is 0 Å². The van der Waals surface area contributed by atoms with Gasteiger partial charge in [-0.25, -0.2) is 0 Å². The van der Waals surface area contributed by atoms with Gasteiger partial charge in [-0.15, -0.1) is 0 Å². The molecule has 0 unspecified atom stereocenters. The van der Waals surface area contributed by atoms with Crippen LogP contribution in [-0.4, -0.2) is 18.0 Å². The molecule has 1 aliphatic rings. The molecule has 0 aromatic heterocycles. The minimum Gasteiger partial charge on any atom is -0.354 e. The third-order valence-electron chi connectivity index (χ3n) is 4.89. The Kier molecular flexibility index (Phi) is 5.63. The average molecular weight is 302 g/mol. The van der Waals surface area contributed by atoms with Crippen LogP contribution in [0.15, 0.2) is 30.3 Å². The van der Waals surface area contributed by atoms with E-state index in [1.807, 2.05) is 18.2 Å². The van der Waals surface area contributed by atoms with E-state index >= 15 is 0 Å². The molecule has 2 rings (SSSR count). The second-order valence-corrected chi connectivity index (χ2v) is 7.48. The molecule has 1 saturated carbocycles. The van der Waals surface area contributed by atoms with Gasteiger partial charge in [-0.2, -0.15) is 0 Å². The van der Waals surface area contributed by atoms with Crippen molar-refractivity contribution in [3.63, 3.8) is 0 Å². The van der Waals surface area contributed by atoms with Gasteiger partial charge in [0.05, 0.1) is 0 Å². The fourth-order valence-electron chi connectivity index (χ4n) is 3.34. The Balaban J connectivity index is 1.87. The first-order chi connectivity index (χ1) is 10.4. The molecule has 0 spiro atoms. The molecule has 1 aliphatic carbocycles. The van der Waals surface area contributed by atoms with E-state index in [4.69, 9.17) is 5.73 Å². The topological polar surface area (TPSA) is 55.1 Å². The van der Waals surface area contributed by atoms with Gasteiger partial charge in [0.15, 0.2) is 0 Å². The van der Waals surface area contributed by atoms with E-state index in [-0.39, 0.29) is 16.9 Å².